The molecular formula is C29H29ClO7S. The molecule has 0 atom stereocenters. The molecule has 0 amide bonds. The van der Waals surface area contributed by atoms with Crippen molar-refractivity contribution in [3.8, 4) is 17.2 Å². The number of benzene rings is 3. The molecule has 0 aliphatic heterocycles. The Balaban J connectivity index is 0.000000732. The van der Waals surface area contributed by atoms with Gasteiger partial charge in [-0.25, -0.2) is 18.6 Å². The van der Waals surface area contributed by atoms with E-state index in [0.717, 1.165) is 36.5 Å². The molecule has 4 aromatic rings. The molecule has 200 valence electrons. The van der Waals surface area contributed by atoms with Gasteiger partial charge in [-0.3, -0.25) is 0 Å². The molecule has 0 saturated carbocycles. The van der Waals surface area contributed by atoms with Gasteiger partial charge in [0.1, 0.15) is 17.2 Å². The van der Waals surface area contributed by atoms with Gasteiger partial charge < -0.3 is 14.2 Å². The Morgan fingerprint density at radius 1 is 0.500 bits per heavy atom. The van der Waals surface area contributed by atoms with Crippen molar-refractivity contribution >= 4 is 11.3 Å². The van der Waals surface area contributed by atoms with Gasteiger partial charge in [-0.1, -0.05) is 36.4 Å². The first-order valence-electron chi connectivity index (χ1n) is 11.6. The quantitative estimate of drug-likeness (QED) is 0.289. The predicted octanol–water partition coefficient (Wildman–Crippen LogP) is 2.07. The van der Waals surface area contributed by atoms with Crippen molar-refractivity contribution in [3.05, 3.63) is 117 Å². The number of methoxy groups -OCH3 is 3. The largest absolute Gasteiger partial charge is 0.497 e. The number of hydrogen-bond donors (Lipinski definition) is 0. The lowest BCUT2D eigenvalue weighted by Gasteiger charge is -2.17. The predicted molar refractivity (Wildman–Crippen MR) is 136 cm³/mol. The molecular weight excluding hydrogens is 528 g/mol. The summed E-state index contributed by atoms with van der Waals surface area (Å²) in [7, 11) is 0.154. The lowest BCUT2D eigenvalue weighted by molar-refractivity contribution is -2.00. The van der Waals surface area contributed by atoms with Gasteiger partial charge in [0.15, 0.2) is 0 Å². The van der Waals surface area contributed by atoms with Crippen LogP contribution < -0.4 is 32.8 Å². The second-order valence-corrected chi connectivity index (χ2v) is 10.4. The van der Waals surface area contributed by atoms with Crippen molar-refractivity contribution in [2.45, 2.75) is 19.3 Å². The van der Waals surface area contributed by atoms with E-state index in [-0.39, 0.29) is 0 Å². The molecule has 0 radical (unpaired) electrons. The van der Waals surface area contributed by atoms with Gasteiger partial charge in [0.05, 0.1) is 34.2 Å². The summed E-state index contributed by atoms with van der Waals surface area (Å²) in [6.45, 7) is 0. The Morgan fingerprint density at radius 2 is 0.789 bits per heavy atom. The van der Waals surface area contributed by atoms with Crippen molar-refractivity contribution in [2.24, 2.45) is 0 Å². The zero-order valence-corrected chi connectivity index (χ0v) is 22.9. The van der Waals surface area contributed by atoms with Crippen LogP contribution in [-0.4, -0.2) is 21.3 Å². The van der Waals surface area contributed by atoms with Crippen molar-refractivity contribution in [3.63, 3.8) is 0 Å². The van der Waals surface area contributed by atoms with E-state index in [9.17, 15) is 0 Å². The topological polar surface area (TPSA) is 120 Å². The standard InChI is InChI=1S/C29H29O3S.ClHO4/c1-30-25-10-4-21(5-11-25)16-24-19-28(17-22-6-12-26(31-2)13-7-22)33-29(20-24)18-23-8-14-27(32-3)15-9-23;2-1(3,4)5/h4-15,19-20H,16-18H2,1-3H3;(H,2,3,4,5)/q+1;/p-1. The Hall–Kier alpha value is -3.24. The van der Waals surface area contributed by atoms with E-state index in [4.69, 9.17) is 32.8 Å². The molecule has 0 bridgehead atoms. The van der Waals surface area contributed by atoms with Crippen LogP contribution in [0.2, 0.25) is 0 Å². The molecule has 7 nitrogen and oxygen atoms in total. The first-order chi connectivity index (χ1) is 18.1. The Labute approximate surface area is 228 Å². The molecule has 0 aliphatic carbocycles. The van der Waals surface area contributed by atoms with Crippen LogP contribution in [0.3, 0.4) is 0 Å². The van der Waals surface area contributed by atoms with E-state index in [2.05, 4.69) is 48.5 Å². The smallest absolute Gasteiger partial charge is 0.219 e. The first-order valence-corrected chi connectivity index (χ1v) is 13.7. The summed E-state index contributed by atoms with van der Waals surface area (Å²) < 4.78 is 49.9. The summed E-state index contributed by atoms with van der Waals surface area (Å²) in [6, 6.07) is 29.7. The van der Waals surface area contributed by atoms with Gasteiger partial charge in [-0.05, 0) is 65.1 Å². The number of hydrogen-bond acceptors (Lipinski definition) is 7. The normalized spacial score (nSPS) is 10.8. The Morgan fingerprint density at radius 3 is 1.08 bits per heavy atom. The second-order valence-electron chi connectivity index (χ2n) is 8.35. The summed E-state index contributed by atoms with van der Waals surface area (Å²) in [5.74, 6) is 2.65. The highest BCUT2D eigenvalue weighted by molar-refractivity contribution is 7.11. The molecule has 0 spiro atoms. The molecule has 0 fully saturated rings. The van der Waals surface area contributed by atoms with Gasteiger partial charge in [-0.2, -0.15) is 0 Å². The maximum Gasteiger partial charge on any atom is 0.219 e. The maximum atomic E-state index is 8.49. The fourth-order valence-corrected chi connectivity index (χ4v) is 5.06. The van der Waals surface area contributed by atoms with E-state index in [0.29, 0.717) is 0 Å². The molecule has 0 aliphatic rings. The lowest BCUT2D eigenvalue weighted by Crippen LogP contribution is -2.68. The van der Waals surface area contributed by atoms with Gasteiger partial charge >= 0.3 is 0 Å². The average Bonchev–Trinajstić information content (AvgIpc) is 2.89. The number of rotatable bonds is 9. The third-order valence-electron chi connectivity index (χ3n) is 5.60. The summed E-state index contributed by atoms with van der Waals surface area (Å²) >= 11 is 1.88. The third kappa shape index (κ3) is 10.3. The highest BCUT2D eigenvalue weighted by Crippen LogP contribution is 2.26. The summed E-state index contributed by atoms with van der Waals surface area (Å²) in [5.41, 5.74) is 5.16. The van der Waals surface area contributed by atoms with Crippen molar-refractivity contribution in [2.75, 3.05) is 21.3 Å². The van der Waals surface area contributed by atoms with Crippen LogP contribution in [0.1, 0.15) is 32.0 Å². The minimum atomic E-state index is -4.94. The van der Waals surface area contributed by atoms with E-state index in [1.165, 1.54) is 32.0 Å². The molecule has 1 aromatic heterocycles. The minimum absolute atomic E-state index is 0.884. The molecule has 38 heavy (non-hydrogen) atoms. The highest BCUT2D eigenvalue weighted by Gasteiger charge is 2.17. The van der Waals surface area contributed by atoms with Crippen molar-refractivity contribution in [1.29, 1.82) is 0 Å². The average molecular weight is 557 g/mol. The van der Waals surface area contributed by atoms with Crippen LogP contribution in [0.15, 0.2) is 84.9 Å². The van der Waals surface area contributed by atoms with Crippen LogP contribution in [-0.2, 0) is 19.3 Å². The monoisotopic (exact) mass is 556 g/mol. The number of ether oxygens (including phenoxy) is 3. The van der Waals surface area contributed by atoms with Gasteiger partial charge in [0.25, 0.3) is 0 Å². The molecule has 9 heteroatoms. The van der Waals surface area contributed by atoms with Crippen LogP contribution in [0, 0.1) is 10.2 Å². The van der Waals surface area contributed by atoms with Crippen molar-refractivity contribution in [1.82, 2.24) is 0 Å². The molecule has 4 rings (SSSR count). The molecule has 0 unspecified atom stereocenters. The van der Waals surface area contributed by atoms with Crippen LogP contribution in [0.5, 0.6) is 17.2 Å². The molecule has 0 N–H and O–H groups in total. The summed E-state index contributed by atoms with van der Waals surface area (Å²) in [6.07, 6.45) is 2.70. The van der Waals surface area contributed by atoms with Gasteiger partial charge in [0, 0.05) is 12.1 Å². The van der Waals surface area contributed by atoms with Crippen LogP contribution >= 0.6 is 11.3 Å². The minimum Gasteiger partial charge on any atom is -0.497 e. The van der Waals surface area contributed by atoms with E-state index in [1.807, 2.05) is 47.7 Å². The molecule has 0 saturated heterocycles. The fourth-order valence-electron chi connectivity index (χ4n) is 3.83. The Kier molecular flexibility index (Phi) is 10.8. The highest BCUT2D eigenvalue weighted by atomic mass is 35.7. The first kappa shape index (κ1) is 29.3. The van der Waals surface area contributed by atoms with Crippen LogP contribution in [0.25, 0.3) is 0 Å². The number of halogens is 1. The Bertz CT molecular complexity index is 1100. The van der Waals surface area contributed by atoms with Gasteiger partial charge in [0.2, 0.25) is 21.1 Å². The summed E-state index contributed by atoms with van der Waals surface area (Å²) in [4.78, 5) is 2.71. The third-order valence-corrected chi connectivity index (χ3v) is 6.65. The van der Waals surface area contributed by atoms with Gasteiger partial charge in [-0.15, -0.1) is 10.2 Å². The lowest BCUT2D eigenvalue weighted by atomic mass is 10.0. The molecule has 3 aromatic carbocycles. The van der Waals surface area contributed by atoms with E-state index in [1.54, 1.807) is 21.3 Å². The van der Waals surface area contributed by atoms with Crippen LogP contribution in [0.4, 0.5) is 0 Å². The van der Waals surface area contributed by atoms with E-state index < -0.39 is 10.2 Å². The van der Waals surface area contributed by atoms with Crippen molar-refractivity contribution < 1.29 is 43.1 Å². The zero-order chi connectivity index (χ0) is 27.5. The SMILES string of the molecule is COc1ccc(Cc2cc(Cc3ccc(OC)cc3)[s+]c(Cc3ccc(OC)cc3)c2)cc1.[O-][Cl+3]([O-])([O-])[O-]. The maximum absolute atomic E-state index is 8.49. The molecule has 1 heterocycles. The summed E-state index contributed by atoms with van der Waals surface area (Å²) in [5, 5.41) is 0. The van der Waals surface area contributed by atoms with E-state index >= 15 is 0 Å². The zero-order valence-electron chi connectivity index (χ0n) is 21.3. The fraction of sp³-hybridized carbons (Fsp3) is 0.207. The second kappa shape index (κ2) is 14.1.